The van der Waals surface area contributed by atoms with Crippen LogP contribution in [0.25, 0.3) is 17.4 Å². The smallest absolute Gasteiger partial charge is 0.416 e. The molecule has 0 aliphatic heterocycles. The molecule has 0 radical (unpaired) electrons. The van der Waals surface area contributed by atoms with Crippen molar-refractivity contribution in [2.24, 2.45) is 0 Å². The van der Waals surface area contributed by atoms with Crippen LogP contribution in [0.1, 0.15) is 27.4 Å². The van der Waals surface area contributed by atoms with Crippen molar-refractivity contribution >= 4 is 17.9 Å². The summed E-state index contributed by atoms with van der Waals surface area (Å²) in [4.78, 5) is 25.5. The van der Waals surface area contributed by atoms with Crippen molar-refractivity contribution < 1.29 is 31.6 Å². The van der Waals surface area contributed by atoms with E-state index in [9.17, 15) is 22.8 Å². The van der Waals surface area contributed by atoms with Crippen molar-refractivity contribution in [3.05, 3.63) is 113 Å². The number of nitrogens with one attached hydrogen (secondary N) is 2. The zero-order valence-corrected chi connectivity index (χ0v) is 18.1. The van der Waals surface area contributed by atoms with Crippen molar-refractivity contribution in [2.75, 3.05) is 0 Å². The average molecular weight is 480 g/mol. The molecule has 0 atom stereocenters. The van der Waals surface area contributed by atoms with Gasteiger partial charge in [-0.1, -0.05) is 30.3 Å². The molecule has 4 aromatic rings. The molecule has 2 heterocycles. The number of alkyl halides is 3. The van der Waals surface area contributed by atoms with Gasteiger partial charge in [-0.25, -0.2) is 0 Å². The average Bonchev–Trinajstić information content (AvgIpc) is 3.54. The molecule has 178 valence electrons. The van der Waals surface area contributed by atoms with Gasteiger partial charge in [-0.05, 0) is 48.5 Å². The third-order valence-corrected chi connectivity index (χ3v) is 4.92. The zero-order valence-electron chi connectivity index (χ0n) is 18.1. The molecule has 2 aromatic carbocycles. The molecule has 4 rings (SSSR count). The van der Waals surface area contributed by atoms with Crippen LogP contribution in [0.3, 0.4) is 0 Å². The maximum Gasteiger partial charge on any atom is 0.416 e. The molecule has 0 aliphatic carbocycles. The van der Waals surface area contributed by atoms with E-state index in [2.05, 4.69) is 10.6 Å². The minimum atomic E-state index is -4.49. The van der Waals surface area contributed by atoms with E-state index in [1.807, 2.05) is 0 Å². The lowest BCUT2D eigenvalue weighted by atomic mass is 10.1. The zero-order chi connectivity index (χ0) is 24.8. The van der Waals surface area contributed by atoms with Crippen LogP contribution in [0.15, 0.2) is 99.7 Å². The summed E-state index contributed by atoms with van der Waals surface area (Å²) < 4.78 is 50.0. The first kappa shape index (κ1) is 23.6. The predicted molar refractivity (Wildman–Crippen MR) is 122 cm³/mol. The van der Waals surface area contributed by atoms with Crippen LogP contribution in [0.5, 0.6) is 0 Å². The monoisotopic (exact) mass is 480 g/mol. The third kappa shape index (κ3) is 6.08. The Morgan fingerprint density at radius 3 is 2.43 bits per heavy atom. The van der Waals surface area contributed by atoms with Crippen molar-refractivity contribution in [1.29, 1.82) is 0 Å². The Morgan fingerprint density at radius 1 is 0.914 bits per heavy atom. The van der Waals surface area contributed by atoms with Gasteiger partial charge < -0.3 is 19.5 Å². The lowest BCUT2D eigenvalue weighted by molar-refractivity contribution is -0.137. The number of halogens is 3. The summed E-state index contributed by atoms with van der Waals surface area (Å²) in [5, 5.41) is 5.20. The third-order valence-electron chi connectivity index (χ3n) is 4.92. The molecule has 0 spiro atoms. The maximum absolute atomic E-state index is 13.1. The first-order chi connectivity index (χ1) is 16.8. The summed E-state index contributed by atoms with van der Waals surface area (Å²) in [6, 6.07) is 19.3. The van der Waals surface area contributed by atoms with Gasteiger partial charge in [0, 0.05) is 17.2 Å². The summed E-state index contributed by atoms with van der Waals surface area (Å²) in [7, 11) is 0. The summed E-state index contributed by atoms with van der Waals surface area (Å²) in [5.74, 6) is -0.282. The molecule has 9 heteroatoms. The number of rotatable bonds is 7. The fourth-order valence-electron chi connectivity index (χ4n) is 3.19. The van der Waals surface area contributed by atoms with E-state index in [1.165, 1.54) is 36.6 Å². The molecule has 0 saturated carbocycles. The van der Waals surface area contributed by atoms with Gasteiger partial charge in [-0.3, -0.25) is 9.59 Å². The van der Waals surface area contributed by atoms with Crippen LogP contribution in [0.2, 0.25) is 0 Å². The Hall–Kier alpha value is -4.53. The first-order valence-electron chi connectivity index (χ1n) is 10.5. The second-order valence-corrected chi connectivity index (χ2v) is 7.42. The van der Waals surface area contributed by atoms with E-state index in [0.717, 1.165) is 12.1 Å². The highest BCUT2D eigenvalue weighted by molar-refractivity contribution is 6.05. The fourth-order valence-corrected chi connectivity index (χ4v) is 3.19. The highest BCUT2D eigenvalue weighted by atomic mass is 19.4. The molecule has 0 saturated heterocycles. The Kier molecular flexibility index (Phi) is 6.86. The van der Waals surface area contributed by atoms with Crippen LogP contribution in [-0.4, -0.2) is 11.8 Å². The van der Waals surface area contributed by atoms with Crippen molar-refractivity contribution in [3.8, 4) is 11.3 Å². The summed E-state index contributed by atoms with van der Waals surface area (Å²) in [6.45, 7) is 0.0814. The second-order valence-electron chi connectivity index (χ2n) is 7.42. The van der Waals surface area contributed by atoms with Crippen LogP contribution in [0.4, 0.5) is 13.2 Å². The largest absolute Gasteiger partial charge is 0.467 e. The molecule has 2 amide bonds. The molecule has 35 heavy (non-hydrogen) atoms. The van der Waals surface area contributed by atoms with E-state index in [-0.39, 0.29) is 29.3 Å². The summed E-state index contributed by atoms with van der Waals surface area (Å²) >= 11 is 0. The van der Waals surface area contributed by atoms with Crippen molar-refractivity contribution in [1.82, 2.24) is 10.6 Å². The van der Waals surface area contributed by atoms with Gasteiger partial charge in [0.2, 0.25) is 0 Å². The van der Waals surface area contributed by atoms with Gasteiger partial charge in [0.05, 0.1) is 18.4 Å². The van der Waals surface area contributed by atoms with Crippen molar-refractivity contribution in [2.45, 2.75) is 12.7 Å². The number of amides is 2. The van der Waals surface area contributed by atoms with Gasteiger partial charge in [0.1, 0.15) is 23.0 Å². The van der Waals surface area contributed by atoms with Gasteiger partial charge >= 0.3 is 6.18 Å². The van der Waals surface area contributed by atoms with Gasteiger partial charge in [0.15, 0.2) is 0 Å². The maximum atomic E-state index is 13.1. The van der Waals surface area contributed by atoms with E-state index in [4.69, 9.17) is 8.83 Å². The topological polar surface area (TPSA) is 84.5 Å². The lowest BCUT2D eigenvalue weighted by Gasteiger charge is -2.10. The van der Waals surface area contributed by atoms with E-state index in [1.54, 1.807) is 42.5 Å². The molecule has 0 bridgehead atoms. The highest BCUT2D eigenvalue weighted by Gasteiger charge is 2.30. The minimum Gasteiger partial charge on any atom is -0.467 e. The number of benzene rings is 2. The molecule has 2 N–H and O–H groups in total. The molecular weight excluding hydrogens is 461 g/mol. The standard InChI is InChI=1S/C26H19F3N2O4/c27-26(28,29)19-9-4-8-18(14-19)23-12-11-20(35-23)15-22(25(33)30-16-21-10-5-13-34-21)31-24(32)17-6-2-1-3-7-17/h1-15H,16H2,(H,30,33)(H,31,32)/b22-15-. The molecular formula is C26H19F3N2O4. The van der Waals surface area contributed by atoms with Crippen LogP contribution in [-0.2, 0) is 17.5 Å². The number of hydrogen-bond acceptors (Lipinski definition) is 4. The SMILES string of the molecule is O=C(NCc1ccco1)/C(=C/c1ccc(-c2cccc(C(F)(F)F)c2)o1)NC(=O)c1ccccc1. The van der Waals surface area contributed by atoms with Gasteiger partial charge in [-0.2, -0.15) is 13.2 Å². The van der Waals surface area contributed by atoms with Crippen LogP contribution < -0.4 is 10.6 Å². The van der Waals surface area contributed by atoms with Crippen molar-refractivity contribution in [3.63, 3.8) is 0 Å². The summed E-state index contributed by atoms with van der Waals surface area (Å²) in [5.41, 5.74) is -0.370. The second kappa shape index (κ2) is 10.2. The Balaban J connectivity index is 1.59. The number of carbonyl (C=O) groups excluding carboxylic acids is 2. The predicted octanol–water partition coefficient (Wildman–Crippen LogP) is 5.65. The molecule has 6 nitrogen and oxygen atoms in total. The molecule has 0 unspecified atom stereocenters. The number of furan rings is 2. The minimum absolute atomic E-state index is 0.0814. The van der Waals surface area contributed by atoms with Crippen LogP contribution >= 0.6 is 0 Å². The lowest BCUT2D eigenvalue weighted by Crippen LogP contribution is -2.34. The number of hydrogen-bond donors (Lipinski definition) is 2. The highest BCUT2D eigenvalue weighted by Crippen LogP contribution is 2.32. The van der Waals surface area contributed by atoms with E-state index in [0.29, 0.717) is 11.3 Å². The normalized spacial score (nSPS) is 11.8. The van der Waals surface area contributed by atoms with Crippen LogP contribution in [0, 0.1) is 0 Å². The van der Waals surface area contributed by atoms with Gasteiger partial charge in [-0.15, -0.1) is 0 Å². The number of carbonyl (C=O) groups is 2. The molecule has 0 fully saturated rings. The molecule has 0 aliphatic rings. The van der Waals surface area contributed by atoms with E-state index >= 15 is 0 Å². The fraction of sp³-hybridized carbons (Fsp3) is 0.0769. The van der Waals surface area contributed by atoms with E-state index < -0.39 is 23.6 Å². The summed E-state index contributed by atoms with van der Waals surface area (Å²) in [6.07, 6.45) is -1.73. The quantitative estimate of drug-likeness (QED) is 0.335. The molecule has 2 aromatic heterocycles. The Bertz CT molecular complexity index is 1340. The van der Waals surface area contributed by atoms with Gasteiger partial charge in [0.25, 0.3) is 11.8 Å². The Morgan fingerprint density at radius 2 is 1.71 bits per heavy atom. The Labute approximate surface area is 198 Å². The first-order valence-corrected chi connectivity index (χ1v) is 10.5.